The number of hydrogen-bond donors (Lipinski definition) is 3. The molecular formula is C22H18ClN3O3S. The Labute approximate surface area is 184 Å². The molecular weight excluding hydrogens is 422 g/mol. The van der Waals surface area contributed by atoms with E-state index >= 15 is 0 Å². The van der Waals surface area contributed by atoms with Crippen LogP contribution < -0.4 is 20.7 Å². The summed E-state index contributed by atoms with van der Waals surface area (Å²) in [5.41, 5.74) is 1.97. The second-order valence-corrected chi connectivity index (χ2v) is 6.97. The highest BCUT2D eigenvalue weighted by molar-refractivity contribution is 7.80. The number of benzene rings is 3. The van der Waals surface area contributed by atoms with Crippen LogP contribution in [0.15, 0.2) is 72.8 Å². The fourth-order valence-electron chi connectivity index (χ4n) is 2.60. The van der Waals surface area contributed by atoms with Crippen LogP contribution in [0.1, 0.15) is 20.7 Å². The van der Waals surface area contributed by atoms with Crippen molar-refractivity contribution in [2.24, 2.45) is 0 Å². The van der Waals surface area contributed by atoms with Gasteiger partial charge in [-0.1, -0.05) is 29.8 Å². The van der Waals surface area contributed by atoms with Gasteiger partial charge in [0.1, 0.15) is 5.75 Å². The molecule has 0 atom stereocenters. The first-order chi connectivity index (χ1) is 14.5. The summed E-state index contributed by atoms with van der Waals surface area (Å²) in [5, 5.41) is 8.82. The average Bonchev–Trinajstić information content (AvgIpc) is 2.74. The molecule has 0 saturated carbocycles. The van der Waals surface area contributed by atoms with Crippen molar-refractivity contribution in [1.29, 1.82) is 0 Å². The largest absolute Gasteiger partial charge is 0.497 e. The smallest absolute Gasteiger partial charge is 0.257 e. The predicted octanol–water partition coefficient (Wildman–Crippen LogP) is 4.73. The Hall–Kier alpha value is -3.42. The van der Waals surface area contributed by atoms with Gasteiger partial charge in [0.05, 0.1) is 17.7 Å². The summed E-state index contributed by atoms with van der Waals surface area (Å²) in [6, 6.07) is 20.4. The average molecular weight is 440 g/mol. The van der Waals surface area contributed by atoms with Gasteiger partial charge in [-0.05, 0) is 66.8 Å². The van der Waals surface area contributed by atoms with Crippen LogP contribution in [0.5, 0.6) is 5.75 Å². The number of methoxy groups -OCH3 is 1. The fraction of sp³-hybridized carbons (Fsp3) is 0.0455. The Kier molecular flexibility index (Phi) is 7.00. The molecule has 0 spiro atoms. The van der Waals surface area contributed by atoms with Crippen LogP contribution in [0.3, 0.4) is 0 Å². The summed E-state index contributed by atoms with van der Waals surface area (Å²) in [6.07, 6.45) is 0. The number of amides is 2. The van der Waals surface area contributed by atoms with Gasteiger partial charge in [-0.25, -0.2) is 0 Å². The first-order valence-corrected chi connectivity index (χ1v) is 9.67. The minimum atomic E-state index is -0.349. The number of hydrogen-bond acceptors (Lipinski definition) is 4. The molecule has 0 unspecified atom stereocenters. The van der Waals surface area contributed by atoms with Gasteiger partial charge in [0.25, 0.3) is 11.8 Å². The number of anilines is 2. The lowest BCUT2D eigenvalue weighted by Gasteiger charge is -2.12. The lowest BCUT2D eigenvalue weighted by molar-refractivity contribution is 0.0976. The second-order valence-electron chi connectivity index (χ2n) is 6.15. The number of ether oxygens (including phenoxy) is 1. The third-order valence-electron chi connectivity index (χ3n) is 4.08. The number of rotatable bonds is 5. The molecule has 3 rings (SSSR count). The molecule has 2 amide bonds. The monoisotopic (exact) mass is 439 g/mol. The molecule has 3 aromatic carbocycles. The Bertz CT molecular complexity index is 1090. The van der Waals surface area contributed by atoms with E-state index in [1.807, 2.05) is 0 Å². The fourth-order valence-corrected chi connectivity index (χ4v) is 3.03. The molecule has 0 saturated heterocycles. The lowest BCUT2D eigenvalue weighted by atomic mass is 10.2. The first kappa shape index (κ1) is 21.3. The molecule has 0 heterocycles. The van der Waals surface area contributed by atoms with Crippen molar-refractivity contribution in [2.75, 3.05) is 17.7 Å². The van der Waals surface area contributed by atoms with E-state index in [0.717, 1.165) is 0 Å². The van der Waals surface area contributed by atoms with Gasteiger partial charge in [0.15, 0.2) is 5.11 Å². The third-order valence-corrected chi connectivity index (χ3v) is 4.61. The summed E-state index contributed by atoms with van der Waals surface area (Å²) >= 11 is 11.3. The van der Waals surface area contributed by atoms with E-state index in [1.165, 1.54) is 0 Å². The molecule has 0 radical (unpaired) electrons. The summed E-state index contributed by atoms with van der Waals surface area (Å²) < 4.78 is 5.08. The maximum atomic E-state index is 12.4. The van der Waals surface area contributed by atoms with Crippen LogP contribution in [0.4, 0.5) is 11.4 Å². The molecule has 0 bridgehead atoms. The zero-order valence-corrected chi connectivity index (χ0v) is 17.5. The molecule has 0 aliphatic rings. The van der Waals surface area contributed by atoms with Crippen molar-refractivity contribution in [2.45, 2.75) is 0 Å². The SMILES string of the molecule is COc1ccc(C(=O)NC(=S)Nc2cccc(NC(=O)c3ccccc3Cl)c2)cc1. The van der Waals surface area contributed by atoms with E-state index < -0.39 is 0 Å². The molecule has 0 aliphatic carbocycles. The Balaban J connectivity index is 1.61. The molecule has 6 nitrogen and oxygen atoms in total. The summed E-state index contributed by atoms with van der Waals surface area (Å²) in [4.78, 5) is 24.7. The summed E-state index contributed by atoms with van der Waals surface area (Å²) in [5.74, 6) is -0.0191. The number of thiocarbonyl (C=S) groups is 1. The number of nitrogens with one attached hydrogen (secondary N) is 3. The highest BCUT2D eigenvalue weighted by Gasteiger charge is 2.11. The Morgan fingerprint density at radius 3 is 2.20 bits per heavy atom. The van der Waals surface area contributed by atoms with Gasteiger partial charge in [0.2, 0.25) is 0 Å². The highest BCUT2D eigenvalue weighted by atomic mass is 35.5. The zero-order valence-electron chi connectivity index (χ0n) is 15.9. The minimum absolute atomic E-state index is 0.130. The number of carbonyl (C=O) groups is 2. The van der Waals surface area contributed by atoms with E-state index in [4.69, 9.17) is 28.6 Å². The van der Waals surface area contributed by atoms with Gasteiger partial charge in [-0.15, -0.1) is 0 Å². The highest BCUT2D eigenvalue weighted by Crippen LogP contribution is 2.19. The maximum absolute atomic E-state index is 12.4. The van der Waals surface area contributed by atoms with E-state index in [0.29, 0.717) is 33.3 Å². The van der Waals surface area contributed by atoms with Crippen LogP contribution in [-0.4, -0.2) is 24.0 Å². The number of carbonyl (C=O) groups excluding carboxylic acids is 2. The van der Waals surface area contributed by atoms with Crippen LogP contribution in [-0.2, 0) is 0 Å². The standard InChI is InChI=1S/C22H18ClN3O3S/c1-29-17-11-9-14(10-12-17)20(27)26-22(30)25-16-6-4-5-15(13-16)24-21(28)18-7-2-3-8-19(18)23/h2-13H,1H3,(H,24,28)(H2,25,26,27,30). The molecule has 30 heavy (non-hydrogen) atoms. The van der Waals surface area contributed by atoms with Crippen molar-refractivity contribution >= 4 is 52.1 Å². The van der Waals surface area contributed by atoms with Crippen LogP contribution >= 0.6 is 23.8 Å². The third kappa shape index (κ3) is 5.56. The van der Waals surface area contributed by atoms with E-state index in [-0.39, 0.29) is 16.9 Å². The Morgan fingerprint density at radius 2 is 1.53 bits per heavy atom. The predicted molar refractivity (Wildman–Crippen MR) is 123 cm³/mol. The van der Waals surface area contributed by atoms with Crippen molar-refractivity contribution < 1.29 is 14.3 Å². The topological polar surface area (TPSA) is 79.5 Å². The molecule has 0 aromatic heterocycles. The quantitative estimate of drug-likeness (QED) is 0.501. The molecule has 152 valence electrons. The Morgan fingerprint density at radius 1 is 0.867 bits per heavy atom. The van der Waals surface area contributed by atoms with Gasteiger partial charge >= 0.3 is 0 Å². The van der Waals surface area contributed by atoms with Gasteiger partial charge in [-0.2, -0.15) is 0 Å². The normalized spacial score (nSPS) is 10.1. The molecule has 8 heteroatoms. The summed E-state index contributed by atoms with van der Waals surface area (Å²) in [6.45, 7) is 0. The zero-order chi connectivity index (χ0) is 21.5. The lowest BCUT2D eigenvalue weighted by Crippen LogP contribution is -2.34. The van der Waals surface area contributed by atoms with Crippen LogP contribution in [0, 0.1) is 0 Å². The van der Waals surface area contributed by atoms with Gasteiger partial charge in [0, 0.05) is 16.9 Å². The molecule has 0 aliphatic heterocycles. The van der Waals surface area contributed by atoms with Crippen LogP contribution in [0.25, 0.3) is 0 Å². The van der Waals surface area contributed by atoms with E-state index in [2.05, 4.69) is 16.0 Å². The molecule has 3 aromatic rings. The minimum Gasteiger partial charge on any atom is -0.497 e. The van der Waals surface area contributed by atoms with Crippen molar-refractivity contribution in [3.63, 3.8) is 0 Å². The van der Waals surface area contributed by atoms with Crippen molar-refractivity contribution in [1.82, 2.24) is 5.32 Å². The first-order valence-electron chi connectivity index (χ1n) is 8.88. The van der Waals surface area contributed by atoms with Gasteiger partial charge < -0.3 is 15.4 Å². The van der Waals surface area contributed by atoms with Gasteiger partial charge in [-0.3, -0.25) is 14.9 Å². The van der Waals surface area contributed by atoms with Crippen molar-refractivity contribution in [3.05, 3.63) is 88.9 Å². The summed E-state index contributed by atoms with van der Waals surface area (Å²) in [7, 11) is 1.55. The van der Waals surface area contributed by atoms with Crippen LogP contribution in [0.2, 0.25) is 5.02 Å². The second kappa shape index (κ2) is 9.87. The molecule has 3 N–H and O–H groups in total. The van der Waals surface area contributed by atoms with E-state index in [9.17, 15) is 9.59 Å². The maximum Gasteiger partial charge on any atom is 0.257 e. The van der Waals surface area contributed by atoms with Crippen molar-refractivity contribution in [3.8, 4) is 5.75 Å². The molecule has 0 fully saturated rings. The number of halogens is 1. The van der Waals surface area contributed by atoms with E-state index in [1.54, 1.807) is 79.9 Å².